The Morgan fingerprint density at radius 3 is 2.59 bits per heavy atom. The number of alkyl halides is 3. The van der Waals surface area contributed by atoms with Crippen LogP contribution in [0, 0.1) is 12.3 Å². The number of ether oxygens (including phenoxy) is 1. The predicted octanol–water partition coefficient (Wildman–Crippen LogP) is 4.26. The van der Waals surface area contributed by atoms with Gasteiger partial charge in [-0.25, -0.2) is 9.97 Å². The molecular weight excluding hydrogens is 475 g/mol. The maximum atomic E-state index is 13.1. The third kappa shape index (κ3) is 4.24. The summed E-state index contributed by atoms with van der Waals surface area (Å²) >= 11 is 6.15. The van der Waals surface area contributed by atoms with Crippen LogP contribution in [0.2, 0.25) is 5.02 Å². The van der Waals surface area contributed by atoms with Crippen molar-refractivity contribution >= 4 is 34.8 Å². The minimum atomic E-state index is -4.33. The van der Waals surface area contributed by atoms with E-state index >= 15 is 0 Å². The molecule has 180 valence electrons. The fourth-order valence-corrected chi connectivity index (χ4v) is 4.06. The van der Waals surface area contributed by atoms with Gasteiger partial charge >= 0.3 is 6.18 Å². The summed E-state index contributed by atoms with van der Waals surface area (Å²) < 4.78 is 50.3. The number of rotatable bonds is 5. The van der Waals surface area contributed by atoms with Crippen molar-refractivity contribution in [3.8, 4) is 5.88 Å². The molecule has 5 rings (SSSR count). The van der Waals surface area contributed by atoms with E-state index in [0.29, 0.717) is 43.4 Å². The van der Waals surface area contributed by atoms with Crippen LogP contribution >= 0.6 is 11.6 Å². The number of carbonyl (C=O) groups excluding carboxylic acids is 1. The maximum absolute atomic E-state index is 13.1. The molecular formula is C22H21ClF3N5O3. The summed E-state index contributed by atoms with van der Waals surface area (Å²) in [5.41, 5.74) is 0.406. The zero-order chi connectivity index (χ0) is 24.1. The molecule has 34 heavy (non-hydrogen) atoms. The SMILES string of the molecule is Cc1ccc2oc(N3CCN(C(=O)c4cnc(OCC5(C(F)(F)F)CC5)c(Cl)c4)CC3)nc2n1. The van der Waals surface area contributed by atoms with Gasteiger partial charge in [0.2, 0.25) is 11.5 Å². The van der Waals surface area contributed by atoms with Crippen LogP contribution in [0.15, 0.2) is 28.8 Å². The van der Waals surface area contributed by atoms with Gasteiger partial charge in [0.15, 0.2) is 5.58 Å². The predicted molar refractivity (Wildman–Crippen MR) is 117 cm³/mol. The normalized spacial score (nSPS) is 17.8. The smallest absolute Gasteiger partial charge is 0.397 e. The lowest BCUT2D eigenvalue weighted by atomic mass is 10.1. The summed E-state index contributed by atoms with van der Waals surface area (Å²) in [6.07, 6.45) is -3.00. The molecule has 1 saturated carbocycles. The van der Waals surface area contributed by atoms with Crippen LogP contribution in [0.4, 0.5) is 19.2 Å². The molecule has 3 aromatic heterocycles. The molecule has 0 N–H and O–H groups in total. The Hall–Kier alpha value is -3.08. The molecule has 0 spiro atoms. The van der Waals surface area contributed by atoms with E-state index < -0.39 is 18.2 Å². The van der Waals surface area contributed by atoms with Crippen LogP contribution < -0.4 is 9.64 Å². The van der Waals surface area contributed by atoms with Gasteiger partial charge in [-0.15, -0.1) is 0 Å². The molecule has 0 aromatic carbocycles. The Balaban J connectivity index is 1.20. The Bertz CT molecular complexity index is 1240. The molecule has 0 atom stereocenters. The highest BCUT2D eigenvalue weighted by Crippen LogP contribution is 2.57. The van der Waals surface area contributed by atoms with E-state index in [2.05, 4.69) is 15.0 Å². The lowest BCUT2D eigenvalue weighted by Crippen LogP contribution is -2.49. The van der Waals surface area contributed by atoms with Crippen molar-refractivity contribution in [2.75, 3.05) is 37.7 Å². The highest BCUT2D eigenvalue weighted by atomic mass is 35.5. The second kappa shape index (κ2) is 8.30. The first kappa shape index (κ1) is 22.7. The third-order valence-electron chi connectivity index (χ3n) is 6.21. The molecule has 0 unspecified atom stereocenters. The first-order valence-corrected chi connectivity index (χ1v) is 11.2. The zero-order valence-corrected chi connectivity index (χ0v) is 19.0. The minimum absolute atomic E-state index is 0.00303. The van der Waals surface area contributed by atoms with Gasteiger partial charge in [0.05, 0.1) is 5.56 Å². The van der Waals surface area contributed by atoms with Crippen LogP contribution in [0.3, 0.4) is 0 Å². The third-order valence-corrected chi connectivity index (χ3v) is 6.48. The highest BCUT2D eigenvalue weighted by molar-refractivity contribution is 6.32. The van der Waals surface area contributed by atoms with Crippen LogP contribution in [-0.4, -0.2) is 64.7 Å². The standard InChI is InChI=1S/C22H21ClF3N5O3/c1-13-2-3-16-17(28-13)29-20(34-16)31-8-6-30(7-9-31)19(32)14-10-15(23)18(27-11-14)33-12-21(4-5-21)22(24,25)26/h2-3,10-11H,4-9,12H2,1H3. The number of aromatic nitrogens is 3. The van der Waals surface area contributed by atoms with Gasteiger partial charge in [0, 0.05) is 38.1 Å². The monoisotopic (exact) mass is 495 g/mol. The molecule has 1 saturated heterocycles. The first-order chi connectivity index (χ1) is 16.1. The number of oxazole rings is 1. The number of fused-ring (bicyclic) bond motifs is 1. The molecule has 2 fully saturated rings. The van der Waals surface area contributed by atoms with Crippen molar-refractivity contribution in [3.05, 3.63) is 40.7 Å². The fraction of sp³-hybridized carbons (Fsp3) is 0.455. The number of carbonyl (C=O) groups is 1. The summed E-state index contributed by atoms with van der Waals surface area (Å²) in [6.45, 7) is 3.22. The van der Waals surface area contributed by atoms with E-state index in [1.54, 1.807) is 4.90 Å². The maximum Gasteiger partial charge on any atom is 0.397 e. The Morgan fingerprint density at radius 2 is 1.94 bits per heavy atom. The van der Waals surface area contributed by atoms with E-state index in [-0.39, 0.29) is 35.2 Å². The van der Waals surface area contributed by atoms with Crippen molar-refractivity contribution in [3.63, 3.8) is 0 Å². The van der Waals surface area contributed by atoms with Crippen LogP contribution in [0.1, 0.15) is 28.9 Å². The first-order valence-electron chi connectivity index (χ1n) is 10.8. The lowest BCUT2D eigenvalue weighted by molar-refractivity contribution is -0.194. The van der Waals surface area contributed by atoms with Crippen LogP contribution in [-0.2, 0) is 0 Å². The summed E-state index contributed by atoms with van der Waals surface area (Å²) in [7, 11) is 0. The number of piperazine rings is 1. The number of nitrogens with zero attached hydrogens (tertiary/aromatic N) is 5. The molecule has 12 heteroatoms. The number of pyridine rings is 2. The van der Waals surface area contributed by atoms with Gasteiger partial charge in [0.25, 0.3) is 11.9 Å². The van der Waals surface area contributed by atoms with Gasteiger partial charge in [0.1, 0.15) is 17.0 Å². The molecule has 4 heterocycles. The Kier molecular flexibility index (Phi) is 5.54. The second-order valence-corrected chi connectivity index (χ2v) is 9.03. The summed E-state index contributed by atoms with van der Waals surface area (Å²) in [4.78, 5) is 29.3. The van der Waals surface area contributed by atoms with Crippen molar-refractivity contribution in [2.24, 2.45) is 5.41 Å². The van der Waals surface area contributed by atoms with E-state index in [9.17, 15) is 18.0 Å². The number of anilines is 1. The van der Waals surface area contributed by atoms with Gasteiger partial charge in [-0.3, -0.25) is 4.79 Å². The molecule has 1 aliphatic heterocycles. The van der Waals surface area contributed by atoms with Gasteiger partial charge in [-0.2, -0.15) is 18.2 Å². The van der Waals surface area contributed by atoms with E-state index in [4.69, 9.17) is 20.8 Å². The average molecular weight is 496 g/mol. The molecule has 0 radical (unpaired) electrons. The van der Waals surface area contributed by atoms with Crippen LogP contribution in [0.25, 0.3) is 11.2 Å². The van der Waals surface area contributed by atoms with Crippen molar-refractivity contribution in [1.82, 2.24) is 19.9 Å². The molecule has 1 aliphatic carbocycles. The molecule has 2 aliphatic rings. The zero-order valence-electron chi connectivity index (χ0n) is 18.2. The lowest BCUT2D eigenvalue weighted by Gasteiger charge is -2.33. The summed E-state index contributed by atoms with van der Waals surface area (Å²) in [5.74, 6) is -0.386. The Morgan fingerprint density at radius 1 is 1.21 bits per heavy atom. The fourth-order valence-electron chi connectivity index (χ4n) is 3.84. The van der Waals surface area contributed by atoms with E-state index in [0.717, 1.165) is 5.69 Å². The number of hydrogen-bond acceptors (Lipinski definition) is 7. The number of amides is 1. The molecule has 8 nitrogen and oxygen atoms in total. The van der Waals surface area contributed by atoms with Gasteiger partial charge in [-0.05, 0) is 38.0 Å². The minimum Gasteiger partial charge on any atom is -0.476 e. The van der Waals surface area contributed by atoms with E-state index in [1.165, 1.54) is 12.3 Å². The highest BCUT2D eigenvalue weighted by Gasteiger charge is 2.64. The summed E-state index contributed by atoms with van der Waals surface area (Å²) in [5, 5.41) is -0.00303. The summed E-state index contributed by atoms with van der Waals surface area (Å²) in [6, 6.07) is 5.51. The molecule has 0 bridgehead atoms. The quantitative estimate of drug-likeness (QED) is 0.522. The topological polar surface area (TPSA) is 84.6 Å². The van der Waals surface area contributed by atoms with Crippen LogP contribution in [0.5, 0.6) is 5.88 Å². The van der Waals surface area contributed by atoms with Crippen molar-refractivity contribution in [1.29, 1.82) is 0 Å². The molecule has 3 aromatic rings. The number of aryl methyl sites for hydroxylation is 1. The van der Waals surface area contributed by atoms with E-state index in [1.807, 2.05) is 24.0 Å². The average Bonchev–Trinajstić information content (AvgIpc) is 3.50. The van der Waals surface area contributed by atoms with Crippen molar-refractivity contribution in [2.45, 2.75) is 25.9 Å². The Labute approximate surface area is 197 Å². The molecule has 1 amide bonds. The number of hydrogen-bond donors (Lipinski definition) is 0. The van der Waals surface area contributed by atoms with Gasteiger partial charge in [-0.1, -0.05) is 11.6 Å². The second-order valence-electron chi connectivity index (χ2n) is 8.63. The largest absolute Gasteiger partial charge is 0.476 e. The van der Waals surface area contributed by atoms with Gasteiger partial charge < -0.3 is 19.0 Å². The van der Waals surface area contributed by atoms with Crippen molar-refractivity contribution < 1.29 is 27.1 Å². The number of halogens is 4.